The normalized spacial score (nSPS) is 10.7. The number of hydrogen-bond donors (Lipinski definition) is 1. The minimum Gasteiger partial charge on any atom is -0.481 e. The van der Waals surface area contributed by atoms with Crippen molar-refractivity contribution >= 4 is 33.7 Å². The zero-order valence-electron chi connectivity index (χ0n) is 10.4. The molecule has 2 aromatic rings. The molecule has 0 spiro atoms. The topological polar surface area (TPSA) is 68.0 Å². The number of carboxylic acid groups (broad SMARTS) is 1. The molecule has 2 rings (SSSR count). The number of carboxylic acids is 1. The van der Waals surface area contributed by atoms with Crippen LogP contribution < -0.4 is 0 Å². The van der Waals surface area contributed by atoms with Gasteiger partial charge in [0.1, 0.15) is 0 Å². The number of aryl methyl sites for hydroxylation is 2. The first-order valence-electron chi connectivity index (χ1n) is 5.50. The van der Waals surface area contributed by atoms with Crippen molar-refractivity contribution in [3.8, 4) is 11.4 Å². The third-order valence-electron chi connectivity index (χ3n) is 2.48. The molecule has 0 radical (unpaired) electrons. The Morgan fingerprint density at radius 2 is 2.26 bits per heavy atom. The fraction of sp³-hybridized carbons (Fsp3) is 0.250. The molecule has 0 saturated heterocycles. The standard InChI is InChI=1S/C12H12BrN3O2S/c1-7-4-3-5-8(10(7)13)11-14-12(16(2)15-11)19-6-9(17)18/h3-5H,6H2,1-2H3,(H,17,18). The molecule has 0 aliphatic heterocycles. The molecule has 7 heteroatoms. The average Bonchev–Trinajstić information content (AvgIpc) is 2.71. The summed E-state index contributed by atoms with van der Waals surface area (Å²) in [6.07, 6.45) is 0. The predicted molar refractivity (Wildman–Crippen MR) is 77.2 cm³/mol. The zero-order chi connectivity index (χ0) is 14.0. The molecule has 1 heterocycles. The Morgan fingerprint density at radius 1 is 1.53 bits per heavy atom. The van der Waals surface area contributed by atoms with Crippen LogP contribution in [0.3, 0.4) is 0 Å². The summed E-state index contributed by atoms with van der Waals surface area (Å²) >= 11 is 4.68. The Morgan fingerprint density at radius 3 is 2.95 bits per heavy atom. The maximum atomic E-state index is 10.6. The number of halogens is 1. The van der Waals surface area contributed by atoms with Crippen LogP contribution in [0.2, 0.25) is 0 Å². The second-order valence-corrected chi connectivity index (χ2v) is 5.70. The highest BCUT2D eigenvalue weighted by atomic mass is 79.9. The van der Waals surface area contributed by atoms with Gasteiger partial charge in [0.2, 0.25) is 0 Å². The van der Waals surface area contributed by atoms with Crippen LogP contribution in [0.15, 0.2) is 27.8 Å². The Hall–Kier alpha value is -1.34. The quantitative estimate of drug-likeness (QED) is 0.866. The van der Waals surface area contributed by atoms with Gasteiger partial charge >= 0.3 is 5.97 Å². The molecule has 0 aliphatic rings. The SMILES string of the molecule is Cc1cccc(-c2nc(SCC(=O)O)n(C)n2)c1Br. The minimum absolute atomic E-state index is 0.0268. The summed E-state index contributed by atoms with van der Waals surface area (Å²) in [5, 5.41) is 13.6. The largest absolute Gasteiger partial charge is 0.481 e. The van der Waals surface area contributed by atoms with Gasteiger partial charge in [-0.05, 0) is 34.5 Å². The van der Waals surface area contributed by atoms with Crippen molar-refractivity contribution in [1.82, 2.24) is 14.8 Å². The summed E-state index contributed by atoms with van der Waals surface area (Å²) in [5.74, 6) is -0.307. The van der Waals surface area contributed by atoms with Gasteiger partial charge in [0, 0.05) is 17.1 Å². The van der Waals surface area contributed by atoms with E-state index >= 15 is 0 Å². The summed E-state index contributed by atoms with van der Waals surface area (Å²) in [6.45, 7) is 2.00. The van der Waals surface area contributed by atoms with Crippen LogP contribution in [0.1, 0.15) is 5.56 Å². The molecule has 0 aliphatic carbocycles. The number of carbonyl (C=O) groups is 1. The Kier molecular flexibility index (Phi) is 4.26. The van der Waals surface area contributed by atoms with Crippen molar-refractivity contribution < 1.29 is 9.90 Å². The van der Waals surface area contributed by atoms with E-state index in [0.29, 0.717) is 11.0 Å². The van der Waals surface area contributed by atoms with E-state index in [1.54, 1.807) is 11.7 Å². The third-order valence-corrected chi connectivity index (χ3v) is 4.54. The van der Waals surface area contributed by atoms with Gasteiger partial charge in [-0.1, -0.05) is 23.9 Å². The van der Waals surface area contributed by atoms with Crippen LogP contribution in [0, 0.1) is 6.92 Å². The fourth-order valence-electron chi connectivity index (χ4n) is 1.56. The molecule has 0 atom stereocenters. The highest BCUT2D eigenvalue weighted by molar-refractivity contribution is 9.10. The first kappa shape index (κ1) is 14.1. The van der Waals surface area contributed by atoms with Gasteiger partial charge < -0.3 is 5.11 Å². The molecule has 19 heavy (non-hydrogen) atoms. The van der Waals surface area contributed by atoms with Gasteiger partial charge in [-0.2, -0.15) is 5.10 Å². The lowest BCUT2D eigenvalue weighted by Gasteiger charge is -2.02. The Balaban J connectivity index is 2.34. The summed E-state index contributed by atoms with van der Waals surface area (Å²) in [7, 11) is 1.75. The van der Waals surface area contributed by atoms with Crippen molar-refractivity contribution in [2.45, 2.75) is 12.1 Å². The van der Waals surface area contributed by atoms with Crippen LogP contribution in [-0.4, -0.2) is 31.6 Å². The van der Waals surface area contributed by atoms with E-state index in [2.05, 4.69) is 26.0 Å². The van der Waals surface area contributed by atoms with Gasteiger partial charge in [-0.15, -0.1) is 0 Å². The monoisotopic (exact) mass is 341 g/mol. The molecule has 100 valence electrons. The maximum Gasteiger partial charge on any atom is 0.313 e. The number of thioether (sulfide) groups is 1. The van der Waals surface area contributed by atoms with E-state index in [9.17, 15) is 4.79 Å². The molecular weight excluding hydrogens is 330 g/mol. The molecule has 1 aromatic heterocycles. The molecule has 1 aromatic carbocycles. The van der Waals surface area contributed by atoms with Crippen LogP contribution in [-0.2, 0) is 11.8 Å². The minimum atomic E-state index is -0.869. The van der Waals surface area contributed by atoms with E-state index in [-0.39, 0.29) is 5.75 Å². The third kappa shape index (κ3) is 3.16. The molecule has 1 N–H and O–H groups in total. The van der Waals surface area contributed by atoms with E-state index in [1.165, 1.54) is 0 Å². The summed E-state index contributed by atoms with van der Waals surface area (Å²) in [6, 6.07) is 5.87. The first-order chi connectivity index (χ1) is 8.99. The van der Waals surface area contributed by atoms with E-state index in [1.807, 2.05) is 25.1 Å². The maximum absolute atomic E-state index is 10.6. The number of hydrogen-bond acceptors (Lipinski definition) is 4. The van der Waals surface area contributed by atoms with Crippen LogP contribution >= 0.6 is 27.7 Å². The molecular formula is C12H12BrN3O2S. The lowest BCUT2D eigenvalue weighted by atomic mass is 10.1. The van der Waals surface area contributed by atoms with E-state index < -0.39 is 5.97 Å². The fourth-order valence-corrected chi connectivity index (χ4v) is 2.63. The van der Waals surface area contributed by atoms with Gasteiger partial charge in [-0.25, -0.2) is 9.67 Å². The number of rotatable bonds is 4. The van der Waals surface area contributed by atoms with Crippen molar-refractivity contribution in [3.63, 3.8) is 0 Å². The predicted octanol–water partition coefficient (Wildman–Crippen LogP) is 2.73. The Bertz CT molecular complexity index is 627. The molecule has 0 amide bonds. The summed E-state index contributed by atoms with van der Waals surface area (Å²) < 4.78 is 2.55. The second-order valence-electron chi connectivity index (χ2n) is 3.96. The van der Waals surface area contributed by atoms with Crippen molar-refractivity contribution in [1.29, 1.82) is 0 Å². The Labute approximate surface area is 123 Å². The first-order valence-corrected chi connectivity index (χ1v) is 7.28. The summed E-state index contributed by atoms with van der Waals surface area (Å²) in [4.78, 5) is 14.9. The molecule has 0 unspecified atom stereocenters. The highest BCUT2D eigenvalue weighted by Gasteiger charge is 2.14. The number of benzene rings is 1. The van der Waals surface area contributed by atoms with E-state index in [0.717, 1.165) is 27.4 Å². The van der Waals surface area contributed by atoms with Crippen LogP contribution in [0.4, 0.5) is 0 Å². The lowest BCUT2D eigenvalue weighted by molar-refractivity contribution is -0.133. The van der Waals surface area contributed by atoms with Gasteiger partial charge in [0.25, 0.3) is 0 Å². The smallest absolute Gasteiger partial charge is 0.313 e. The molecule has 0 fully saturated rings. The van der Waals surface area contributed by atoms with Crippen LogP contribution in [0.25, 0.3) is 11.4 Å². The van der Waals surface area contributed by atoms with Crippen molar-refractivity contribution in [2.24, 2.45) is 7.05 Å². The number of nitrogens with zero attached hydrogens (tertiary/aromatic N) is 3. The van der Waals surface area contributed by atoms with Crippen molar-refractivity contribution in [3.05, 3.63) is 28.2 Å². The molecule has 0 bridgehead atoms. The van der Waals surface area contributed by atoms with Gasteiger partial charge in [0.05, 0.1) is 5.75 Å². The van der Waals surface area contributed by atoms with Crippen molar-refractivity contribution in [2.75, 3.05) is 5.75 Å². The zero-order valence-corrected chi connectivity index (χ0v) is 12.8. The second kappa shape index (κ2) is 5.75. The number of aromatic nitrogens is 3. The highest BCUT2D eigenvalue weighted by Crippen LogP contribution is 2.29. The van der Waals surface area contributed by atoms with Crippen LogP contribution in [0.5, 0.6) is 0 Å². The van der Waals surface area contributed by atoms with Gasteiger partial charge in [0.15, 0.2) is 11.0 Å². The van der Waals surface area contributed by atoms with Gasteiger partial charge in [-0.3, -0.25) is 4.79 Å². The number of aliphatic carboxylic acids is 1. The average molecular weight is 342 g/mol. The molecule has 5 nitrogen and oxygen atoms in total. The lowest BCUT2D eigenvalue weighted by Crippen LogP contribution is -2.00. The summed E-state index contributed by atoms with van der Waals surface area (Å²) in [5.41, 5.74) is 2.00. The molecule has 0 saturated carbocycles. The van der Waals surface area contributed by atoms with E-state index in [4.69, 9.17) is 5.11 Å².